The van der Waals surface area contributed by atoms with Crippen LogP contribution in [0, 0.1) is 5.41 Å². The first kappa shape index (κ1) is 16.1. The monoisotopic (exact) mass is 342 g/mol. The van der Waals surface area contributed by atoms with Crippen LogP contribution < -0.4 is 0 Å². The zero-order valence-electron chi connectivity index (χ0n) is 12.6. The van der Waals surface area contributed by atoms with Gasteiger partial charge < -0.3 is 14.4 Å². The molecule has 3 rings (SSSR count). The number of rotatable bonds is 3. The van der Waals surface area contributed by atoms with Crippen LogP contribution in [0.3, 0.4) is 0 Å². The summed E-state index contributed by atoms with van der Waals surface area (Å²) < 4.78 is 25.4. The van der Waals surface area contributed by atoms with Gasteiger partial charge in [-0.1, -0.05) is 11.6 Å². The van der Waals surface area contributed by atoms with E-state index in [1.165, 1.54) is 23.2 Å². The second-order valence-corrected chi connectivity index (χ2v) is 6.21. The molecule has 2 aliphatic heterocycles. The molecule has 0 N–H and O–H groups in total. The topological polar surface area (TPSA) is 68.7 Å². The Balaban J connectivity index is 1.86. The lowest BCUT2D eigenvalue weighted by Crippen LogP contribution is -2.61. The molecule has 0 radical (unpaired) electrons. The Kier molecular flexibility index (Phi) is 4.01. The maximum Gasteiger partial charge on any atom is 0.346 e. The lowest BCUT2D eigenvalue weighted by Gasteiger charge is -2.43. The van der Waals surface area contributed by atoms with Crippen molar-refractivity contribution >= 4 is 23.5 Å². The number of pyridine rings is 1. The highest BCUT2D eigenvalue weighted by molar-refractivity contribution is 6.29. The van der Waals surface area contributed by atoms with Gasteiger partial charge in [0.15, 0.2) is 0 Å². The van der Waals surface area contributed by atoms with Crippen molar-refractivity contribution in [3.05, 3.63) is 29.0 Å². The molecular formula is C15H16ClFN2O4. The predicted octanol–water partition coefficient (Wildman–Crippen LogP) is 1.48. The van der Waals surface area contributed by atoms with Gasteiger partial charge in [-0.15, -0.1) is 0 Å². The van der Waals surface area contributed by atoms with Crippen molar-refractivity contribution in [2.24, 2.45) is 5.41 Å². The lowest BCUT2D eigenvalue weighted by molar-refractivity contribution is -0.196. The summed E-state index contributed by atoms with van der Waals surface area (Å²) in [6.07, 6.45) is 1.40. The number of nitrogens with zero attached hydrogens (tertiary/aromatic N) is 2. The fraction of sp³-hybridized carbons (Fsp3) is 0.533. The van der Waals surface area contributed by atoms with E-state index in [0.717, 1.165) is 0 Å². The van der Waals surface area contributed by atoms with Crippen molar-refractivity contribution in [1.29, 1.82) is 0 Å². The second kappa shape index (κ2) is 5.72. The number of carbonyl (C=O) groups is 2. The van der Waals surface area contributed by atoms with Gasteiger partial charge in [0, 0.05) is 18.3 Å². The molecule has 2 fully saturated rings. The fourth-order valence-electron chi connectivity index (χ4n) is 3.03. The maximum absolute atomic E-state index is 15.4. The number of esters is 1. The molecule has 0 saturated carbocycles. The van der Waals surface area contributed by atoms with Crippen LogP contribution in [0.5, 0.6) is 0 Å². The Bertz CT molecular complexity index is 652. The van der Waals surface area contributed by atoms with Gasteiger partial charge in [0.05, 0.1) is 31.8 Å². The number of halogens is 2. The van der Waals surface area contributed by atoms with E-state index in [2.05, 4.69) is 4.98 Å². The van der Waals surface area contributed by atoms with Crippen molar-refractivity contribution in [2.75, 3.05) is 32.9 Å². The molecule has 8 heteroatoms. The molecule has 1 unspecified atom stereocenters. The minimum Gasteiger partial charge on any atom is -0.464 e. The third-order valence-corrected chi connectivity index (χ3v) is 4.57. The standard InChI is InChI=1S/C15H16ClFN2O4/c1-2-23-13(21)15(17)7-19(6-14(15)8-22-9-14)12(20)10-3-4-18-11(16)5-10/h3-5H,2,6-9H2,1H3. The van der Waals surface area contributed by atoms with E-state index in [4.69, 9.17) is 21.1 Å². The van der Waals surface area contributed by atoms with E-state index < -0.39 is 23.0 Å². The second-order valence-electron chi connectivity index (χ2n) is 5.82. The highest BCUT2D eigenvalue weighted by Crippen LogP contribution is 2.48. The smallest absolute Gasteiger partial charge is 0.346 e. The van der Waals surface area contributed by atoms with Gasteiger partial charge in [-0.3, -0.25) is 4.79 Å². The summed E-state index contributed by atoms with van der Waals surface area (Å²) >= 11 is 5.79. The number of ether oxygens (including phenoxy) is 2. The number of amides is 1. The van der Waals surface area contributed by atoms with E-state index in [9.17, 15) is 9.59 Å². The van der Waals surface area contributed by atoms with E-state index >= 15 is 4.39 Å². The molecule has 0 aliphatic carbocycles. The largest absolute Gasteiger partial charge is 0.464 e. The molecule has 1 amide bonds. The molecule has 1 spiro atoms. The number of alkyl halides is 1. The Morgan fingerprint density at radius 2 is 2.22 bits per heavy atom. The number of likely N-dealkylation sites (tertiary alicyclic amines) is 1. The molecule has 2 aliphatic rings. The van der Waals surface area contributed by atoms with Crippen molar-refractivity contribution in [1.82, 2.24) is 9.88 Å². The summed E-state index contributed by atoms with van der Waals surface area (Å²) in [6, 6.07) is 2.91. The van der Waals surface area contributed by atoms with Crippen molar-refractivity contribution < 1.29 is 23.5 Å². The molecule has 6 nitrogen and oxygen atoms in total. The molecule has 2 saturated heterocycles. The van der Waals surface area contributed by atoms with Crippen LogP contribution in [0.25, 0.3) is 0 Å². The van der Waals surface area contributed by atoms with E-state index in [1.807, 2.05) is 0 Å². The summed E-state index contributed by atoms with van der Waals surface area (Å²) in [4.78, 5) is 29.8. The van der Waals surface area contributed by atoms with Crippen molar-refractivity contribution in [2.45, 2.75) is 12.6 Å². The summed E-state index contributed by atoms with van der Waals surface area (Å²) in [7, 11) is 0. The van der Waals surface area contributed by atoms with Gasteiger partial charge in [0.1, 0.15) is 5.15 Å². The van der Waals surface area contributed by atoms with E-state index in [-0.39, 0.29) is 38.1 Å². The van der Waals surface area contributed by atoms with Crippen molar-refractivity contribution in [3.8, 4) is 0 Å². The van der Waals surface area contributed by atoms with Crippen LogP contribution in [0.15, 0.2) is 18.3 Å². The predicted molar refractivity (Wildman–Crippen MR) is 78.9 cm³/mol. The summed E-state index contributed by atoms with van der Waals surface area (Å²) in [5.74, 6) is -1.34. The summed E-state index contributed by atoms with van der Waals surface area (Å²) in [6.45, 7) is 1.61. The van der Waals surface area contributed by atoms with E-state index in [1.54, 1.807) is 6.92 Å². The highest BCUT2D eigenvalue weighted by atomic mass is 35.5. The number of aromatic nitrogens is 1. The van der Waals surface area contributed by atoms with Crippen molar-refractivity contribution in [3.63, 3.8) is 0 Å². The molecule has 1 atom stereocenters. The molecule has 3 heterocycles. The van der Waals surface area contributed by atoms with Gasteiger partial charge in [-0.05, 0) is 19.1 Å². The average Bonchev–Trinajstić information content (AvgIpc) is 2.82. The quantitative estimate of drug-likeness (QED) is 0.615. The molecule has 23 heavy (non-hydrogen) atoms. The van der Waals surface area contributed by atoms with Crippen LogP contribution in [0.2, 0.25) is 5.15 Å². The third-order valence-electron chi connectivity index (χ3n) is 4.36. The molecule has 1 aromatic rings. The van der Waals surface area contributed by atoms with Crippen LogP contribution >= 0.6 is 11.6 Å². The SMILES string of the molecule is CCOC(=O)C1(F)CN(C(=O)c2ccnc(Cl)c2)CC12COC2. The van der Waals surface area contributed by atoms with Gasteiger partial charge >= 0.3 is 5.97 Å². The normalized spacial score (nSPS) is 25.3. The lowest BCUT2D eigenvalue weighted by atomic mass is 9.74. The Morgan fingerprint density at radius 3 is 2.78 bits per heavy atom. The van der Waals surface area contributed by atoms with Crippen LogP contribution in [-0.2, 0) is 14.3 Å². The number of carbonyl (C=O) groups excluding carboxylic acids is 2. The van der Waals surface area contributed by atoms with Gasteiger partial charge in [-0.2, -0.15) is 0 Å². The summed E-state index contributed by atoms with van der Waals surface area (Å²) in [5.41, 5.74) is -2.99. The molecule has 0 aromatic carbocycles. The first-order valence-corrected chi connectivity index (χ1v) is 7.64. The number of hydrogen-bond acceptors (Lipinski definition) is 5. The Hall–Kier alpha value is -1.73. The Morgan fingerprint density at radius 1 is 1.48 bits per heavy atom. The molecule has 124 valence electrons. The van der Waals surface area contributed by atoms with Crippen LogP contribution in [0.1, 0.15) is 17.3 Å². The Labute approximate surface area is 137 Å². The highest BCUT2D eigenvalue weighted by Gasteiger charge is 2.68. The molecular weight excluding hydrogens is 327 g/mol. The first-order chi connectivity index (χ1) is 10.9. The third kappa shape index (κ3) is 2.48. The minimum atomic E-state index is -2.26. The zero-order chi connectivity index (χ0) is 16.7. The van der Waals surface area contributed by atoms with Crippen LogP contribution in [-0.4, -0.2) is 60.3 Å². The van der Waals surface area contributed by atoms with Gasteiger partial charge in [0.25, 0.3) is 5.91 Å². The average molecular weight is 343 g/mol. The summed E-state index contributed by atoms with van der Waals surface area (Å²) in [5, 5.41) is 0.175. The van der Waals surface area contributed by atoms with Gasteiger partial charge in [0.2, 0.25) is 5.67 Å². The molecule has 1 aromatic heterocycles. The fourth-order valence-corrected chi connectivity index (χ4v) is 3.21. The maximum atomic E-state index is 15.4. The molecule has 0 bridgehead atoms. The van der Waals surface area contributed by atoms with Gasteiger partial charge in [-0.25, -0.2) is 14.2 Å². The van der Waals surface area contributed by atoms with E-state index in [0.29, 0.717) is 5.56 Å². The minimum absolute atomic E-state index is 0.0787. The number of hydrogen-bond donors (Lipinski definition) is 0. The zero-order valence-corrected chi connectivity index (χ0v) is 13.3. The first-order valence-electron chi connectivity index (χ1n) is 7.26. The van der Waals surface area contributed by atoms with Crippen LogP contribution in [0.4, 0.5) is 4.39 Å².